The zero-order valence-electron chi connectivity index (χ0n) is 15.6. The second-order valence-corrected chi connectivity index (χ2v) is 7.94. The summed E-state index contributed by atoms with van der Waals surface area (Å²) in [6.45, 7) is 1.81. The highest BCUT2D eigenvalue weighted by Gasteiger charge is 2.30. The van der Waals surface area contributed by atoms with Crippen LogP contribution in [-0.2, 0) is 11.3 Å². The van der Waals surface area contributed by atoms with Gasteiger partial charge in [0.2, 0.25) is 0 Å². The van der Waals surface area contributed by atoms with Crippen LogP contribution in [0.1, 0.15) is 69.8 Å². The number of rotatable bonds is 8. The molecule has 0 spiro atoms. The first-order valence-electron chi connectivity index (χ1n) is 10.4. The molecule has 140 valence electrons. The third kappa shape index (κ3) is 6.09. The minimum atomic E-state index is -0.382. The SMILES string of the molecule is OC(COCc1ccccc1)CN(C1CCCCC1)C1CCCCC1. The molecule has 0 saturated heterocycles. The normalized spacial score (nSPS) is 21.5. The number of nitrogens with zero attached hydrogens (tertiary/aromatic N) is 1. The predicted octanol–water partition coefficient (Wildman–Crippen LogP) is 4.53. The fourth-order valence-electron chi connectivity index (χ4n) is 4.60. The molecule has 2 saturated carbocycles. The van der Waals surface area contributed by atoms with Gasteiger partial charge < -0.3 is 9.84 Å². The smallest absolute Gasteiger partial charge is 0.0900 e. The van der Waals surface area contributed by atoms with E-state index >= 15 is 0 Å². The molecule has 1 atom stereocenters. The van der Waals surface area contributed by atoms with Gasteiger partial charge in [-0.05, 0) is 31.2 Å². The van der Waals surface area contributed by atoms with Crippen LogP contribution in [0.2, 0.25) is 0 Å². The van der Waals surface area contributed by atoms with Gasteiger partial charge in [0.25, 0.3) is 0 Å². The molecule has 0 heterocycles. The van der Waals surface area contributed by atoms with Crippen molar-refractivity contribution in [1.29, 1.82) is 0 Å². The molecule has 1 aromatic rings. The van der Waals surface area contributed by atoms with E-state index in [1.807, 2.05) is 18.2 Å². The molecule has 1 aromatic carbocycles. The molecule has 3 rings (SSSR count). The van der Waals surface area contributed by atoms with E-state index in [1.165, 1.54) is 69.8 Å². The van der Waals surface area contributed by atoms with Crippen LogP contribution in [0.4, 0.5) is 0 Å². The topological polar surface area (TPSA) is 32.7 Å². The van der Waals surface area contributed by atoms with Gasteiger partial charge >= 0.3 is 0 Å². The predicted molar refractivity (Wildman–Crippen MR) is 103 cm³/mol. The summed E-state index contributed by atoms with van der Waals surface area (Å²) in [4.78, 5) is 2.66. The molecule has 25 heavy (non-hydrogen) atoms. The Morgan fingerprint density at radius 3 is 2.00 bits per heavy atom. The van der Waals surface area contributed by atoms with Gasteiger partial charge in [-0.1, -0.05) is 68.9 Å². The van der Waals surface area contributed by atoms with Gasteiger partial charge in [-0.3, -0.25) is 4.90 Å². The van der Waals surface area contributed by atoms with Crippen molar-refractivity contribution in [2.45, 2.75) is 89.0 Å². The maximum absolute atomic E-state index is 10.6. The Balaban J connectivity index is 1.49. The highest BCUT2D eigenvalue weighted by Crippen LogP contribution is 2.30. The van der Waals surface area contributed by atoms with Crippen molar-refractivity contribution in [3.63, 3.8) is 0 Å². The average Bonchev–Trinajstić information content (AvgIpc) is 2.68. The lowest BCUT2D eigenvalue weighted by atomic mass is 9.88. The Hall–Kier alpha value is -0.900. The van der Waals surface area contributed by atoms with Gasteiger partial charge in [-0.25, -0.2) is 0 Å². The molecule has 0 bridgehead atoms. The van der Waals surface area contributed by atoms with Crippen LogP contribution in [0.25, 0.3) is 0 Å². The summed E-state index contributed by atoms with van der Waals surface area (Å²) in [7, 11) is 0. The molecule has 1 unspecified atom stereocenters. The molecular formula is C22H35NO2. The summed E-state index contributed by atoms with van der Waals surface area (Å²) in [6, 6.07) is 11.6. The summed E-state index contributed by atoms with van der Waals surface area (Å²) in [5.74, 6) is 0. The van der Waals surface area contributed by atoms with E-state index < -0.39 is 0 Å². The first kappa shape index (κ1) is 18.9. The summed E-state index contributed by atoms with van der Waals surface area (Å²) in [6.07, 6.45) is 13.1. The lowest BCUT2D eigenvalue weighted by Crippen LogP contribution is -2.49. The molecule has 1 N–H and O–H groups in total. The largest absolute Gasteiger partial charge is 0.389 e. The quantitative estimate of drug-likeness (QED) is 0.751. The van der Waals surface area contributed by atoms with E-state index in [9.17, 15) is 5.11 Å². The van der Waals surface area contributed by atoms with Crippen molar-refractivity contribution in [2.75, 3.05) is 13.2 Å². The minimum absolute atomic E-state index is 0.382. The maximum atomic E-state index is 10.6. The van der Waals surface area contributed by atoms with Crippen molar-refractivity contribution in [1.82, 2.24) is 4.90 Å². The van der Waals surface area contributed by atoms with Crippen LogP contribution in [0.15, 0.2) is 30.3 Å². The number of aliphatic hydroxyl groups excluding tert-OH is 1. The van der Waals surface area contributed by atoms with E-state index in [1.54, 1.807) is 0 Å². The highest BCUT2D eigenvalue weighted by atomic mass is 16.5. The fourth-order valence-corrected chi connectivity index (χ4v) is 4.60. The highest BCUT2D eigenvalue weighted by molar-refractivity contribution is 5.13. The number of ether oxygens (including phenoxy) is 1. The first-order chi connectivity index (χ1) is 12.3. The van der Waals surface area contributed by atoms with Crippen LogP contribution < -0.4 is 0 Å². The van der Waals surface area contributed by atoms with Gasteiger partial charge in [0.15, 0.2) is 0 Å². The lowest BCUT2D eigenvalue weighted by Gasteiger charge is -2.42. The molecule has 2 fully saturated rings. The maximum Gasteiger partial charge on any atom is 0.0900 e. The summed E-state index contributed by atoms with van der Waals surface area (Å²) in [5.41, 5.74) is 1.17. The Kier molecular flexibility index (Phi) is 7.78. The number of hydrogen-bond donors (Lipinski definition) is 1. The van der Waals surface area contributed by atoms with Crippen LogP contribution >= 0.6 is 0 Å². The van der Waals surface area contributed by atoms with E-state index in [-0.39, 0.29) is 6.10 Å². The Morgan fingerprint density at radius 1 is 0.880 bits per heavy atom. The van der Waals surface area contributed by atoms with E-state index in [4.69, 9.17) is 4.74 Å². The number of hydrogen-bond acceptors (Lipinski definition) is 3. The molecule has 0 amide bonds. The molecule has 2 aliphatic rings. The average molecular weight is 346 g/mol. The molecule has 0 aliphatic heterocycles. The Bertz CT molecular complexity index is 448. The molecule has 3 heteroatoms. The zero-order valence-corrected chi connectivity index (χ0v) is 15.6. The monoisotopic (exact) mass is 345 g/mol. The third-order valence-corrected chi connectivity index (χ3v) is 5.93. The van der Waals surface area contributed by atoms with Crippen LogP contribution in [-0.4, -0.2) is 41.3 Å². The fraction of sp³-hybridized carbons (Fsp3) is 0.727. The lowest BCUT2D eigenvalue weighted by molar-refractivity contribution is -0.0183. The summed E-state index contributed by atoms with van der Waals surface area (Å²) in [5, 5.41) is 10.6. The number of benzene rings is 1. The third-order valence-electron chi connectivity index (χ3n) is 5.93. The standard InChI is InChI=1S/C22H35NO2/c24-22(18-25-17-19-10-4-1-5-11-19)16-23(20-12-6-2-7-13-20)21-14-8-3-9-15-21/h1,4-5,10-11,20-22,24H,2-3,6-9,12-18H2. The van der Waals surface area contributed by atoms with E-state index in [0.717, 1.165) is 6.54 Å². The minimum Gasteiger partial charge on any atom is -0.389 e. The van der Waals surface area contributed by atoms with Crippen molar-refractivity contribution in [3.8, 4) is 0 Å². The van der Waals surface area contributed by atoms with E-state index in [0.29, 0.717) is 25.3 Å². The summed E-state index contributed by atoms with van der Waals surface area (Å²) >= 11 is 0. The van der Waals surface area contributed by atoms with Gasteiger partial charge in [0.05, 0.1) is 19.3 Å². The molecule has 2 aliphatic carbocycles. The van der Waals surface area contributed by atoms with Crippen LogP contribution in [0, 0.1) is 0 Å². The van der Waals surface area contributed by atoms with Crippen molar-refractivity contribution in [2.24, 2.45) is 0 Å². The summed E-state index contributed by atoms with van der Waals surface area (Å²) < 4.78 is 5.78. The molecule has 0 radical (unpaired) electrons. The van der Waals surface area contributed by atoms with E-state index in [2.05, 4.69) is 17.0 Å². The van der Waals surface area contributed by atoms with Gasteiger partial charge in [-0.2, -0.15) is 0 Å². The van der Waals surface area contributed by atoms with Crippen molar-refractivity contribution in [3.05, 3.63) is 35.9 Å². The van der Waals surface area contributed by atoms with Crippen LogP contribution in [0.5, 0.6) is 0 Å². The molecular weight excluding hydrogens is 310 g/mol. The van der Waals surface area contributed by atoms with Crippen molar-refractivity contribution >= 4 is 0 Å². The Labute approximate surface area is 153 Å². The first-order valence-corrected chi connectivity index (χ1v) is 10.4. The van der Waals surface area contributed by atoms with Crippen molar-refractivity contribution < 1.29 is 9.84 Å². The molecule has 3 nitrogen and oxygen atoms in total. The zero-order chi connectivity index (χ0) is 17.3. The second-order valence-electron chi connectivity index (χ2n) is 7.94. The Morgan fingerprint density at radius 2 is 1.44 bits per heavy atom. The second kappa shape index (κ2) is 10.3. The van der Waals surface area contributed by atoms with Gasteiger partial charge in [0.1, 0.15) is 0 Å². The molecule has 0 aromatic heterocycles. The van der Waals surface area contributed by atoms with Gasteiger partial charge in [-0.15, -0.1) is 0 Å². The number of aliphatic hydroxyl groups is 1. The van der Waals surface area contributed by atoms with Crippen LogP contribution in [0.3, 0.4) is 0 Å². The van der Waals surface area contributed by atoms with Gasteiger partial charge in [0, 0.05) is 18.6 Å².